The minimum atomic E-state index is -3.80. The molecule has 0 heterocycles. The van der Waals surface area contributed by atoms with Gasteiger partial charge in [0, 0.05) is 19.0 Å². The van der Waals surface area contributed by atoms with Crippen LogP contribution in [0.1, 0.15) is 36.1 Å². The van der Waals surface area contributed by atoms with Crippen molar-refractivity contribution in [2.24, 2.45) is 0 Å². The summed E-state index contributed by atoms with van der Waals surface area (Å²) in [4.78, 5) is 29.0. The van der Waals surface area contributed by atoms with E-state index < -0.39 is 28.5 Å². The molecule has 2 amide bonds. The Morgan fingerprint density at radius 1 is 0.868 bits per heavy atom. The molecule has 7 nitrogen and oxygen atoms in total. The van der Waals surface area contributed by atoms with Crippen LogP contribution < -0.4 is 9.62 Å². The zero-order valence-electron chi connectivity index (χ0n) is 22.7. The number of benzene rings is 3. The third-order valence-electron chi connectivity index (χ3n) is 6.21. The summed E-state index contributed by atoms with van der Waals surface area (Å²) in [6.07, 6.45) is 1.39. The molecular formula is C30H37N3O4S. The van der Waals surface area contributed by atoms with Crippen LogP contribution in [0.2, 0.25) is 0 Å². The number of hydrogen-bond acceptors (Lipinski definition) is 4. The van der Waals surface area contributed by atoms with Gasteiger partial charge in [-0.3, -0.25) is 13.9 Å². The largest absolute Gasteiger partial charge is 0.352 e. The van der Waals surface area contributed by atoms with Crippen LogP contribution in [0, 0.1) is 13.8 Å². The van der Waals surface area contributed by atoms with E-state index in [1.54, 1.807) is 6.07 Å². The van der Waals surface area contributed by atoms with E-state index in [9.17, 15) is 18.0 Å². The number of nitrogens with zero attached hydrogens (tertiary/aromatic N) is 2. The summed E-state index contributed by atoms with van der Waals surface area (Å²) < 4.78 is 27.0. The van der Waals surface area contributed by atoms with Crippen molar-refractivity contribution in [3.05, 3.63) is 101 Å². The smallest absolute Gasteiger partial charge is 0.244 e. The summed E-state index contributed by atoms with van der Waals surface area (Å²) in [5.74, 6) is -0.745. The summed E-state index contributed by atoms with van der Waals surface area (Å²) in [7, 11) is -3.80. The summed E-state index contributed by atoms with van der Waals surface area (Å²) in [6, 6.07) is 23.4. The van der Waals surface area contributed by atoms with Gasteiger partial charge in [0.1, 0.15) is 12.6 Å². The molecule has 3 aromatic rings. The van der Waals surface area contributed by atoms with E-state index in [-0.39, 0.29) is 18.5 Å². The molecule has 1 N–H and O–H groups in total. The quantitative estimate of drug-likeness (QED) is 0.398. The van der Waals surface area contributed by atoms with Gasteiger partial charge in [-0.25, -0.2) is 8.42 Å². The Morgan fingerprint density at radius 2 is 1.45 bits per heavy atom. The Kier molecular flexibility index (Phi) is 9.69. The molecule has 0 aromatic heterocycles. The number of hydrogen-bond donors (Lipinski definition) is 1. The molecule has 0 fully saturated rings. The van der Waals surface area contributed by atoms with E-state index in [0.717, 1.165) is 32.8 Å². The Morgan fingerprint density at radius 3 is 2.00 bits per heavy atom. The van der Waals surface area contributed by atoms with Crippen LogP contribution in [0.3, 0.4) is 0 Å². The zero-order chi connectivity index (χ0) is 27.9. The summed E-state index contributed by atoms with van der Waals surface area (Å²) in [5.41, 5.74) is 3.81. The van der Waals surface area contributed by atoms with Crippen molar-refractivity contribution >= 4 is 27.5 Å². The first-order chi connectivity index (χ1) is 18.0. The van der Waals surface area contributed by atoms with Crippen LogP contribution in [-0.4, -0.2) is 50.0 Å². The standard InChI is InChI=1S/C30H37N3O4S/c1-22(2)31-30(35)28(19-25-12-8-6-9-13-25)32(20-26-14-10-7-11-15-26)29(34)21-33(38(5,36)37)27-18-23(3)16-17-24(27)4/h6-18,22,28H,19-21H2,1-5H3,(H,31,35). The number of sulfonamides is 1. The van der Waals surface area contributed by atoms with Gasteiger partial charge in [-0.05, 0) is 56.0 Å². The molecule has 202 valence electrons. The van der Waals surface area contributed by atoms with Gasteiger partial charge in [-0.15, -0.1) is 0 Å². The maximum atomic E-state index is 14.0. The molecule has 0 saturated heterocycles. The third-order valence-corrected chi connectivity index (χ3v) is 7.34. The van der Waals surface area contributed by atoms with Crippen LogP contribution >= 0.6 is 0 Å². The average Bonchev–Trinajstić information content (AvgIpc) is 2.86. The van der Waals surface area contributed by atoms with Gasteiger partial charge in [-0.1, -0.05) is 72.8 Å². The number of nitrogens with one attached hydrogen (secondary N) is 1. The second-order valence-electron chi connectivity index (χ2n) is 9.94. The molecule has 3 aromatic carbocycles. The average molecular weight is 536 g/mol. The maximum Gasteiger partial charge on any atom is 0.244 e. The van der Waals surface area contributed by atoms with Crippen LogP contribution in [0.5, 0.6) is 0 Å². The molecule has 38 heavy (non-hydrogen) atoms. The Bertz CT molecular complexity index is 1340. The summed E-state index contributed by atoms with van der Waals surface area (Å²) in [5, 5.41) is 2.95. The van der Waals surface area contributed by atoms with Crippen molar-refractivity contribution in [1.29, 1.82) is 0 Å². The van der Waals surface area contributed by atoms with Crippen molar-refractivity contribution in [2.75, 3.05) is 17.1 Å². The molecule has 0 saturated carbocycles. The minimum absolute atomic E-state index is 0.128. The van der Waals surface area contributed by atoms with Gasteiger partial charge in [0.2, 0.25) is 21.8 Å². The molecule has 0 radical (unpaired) electrons. The van der Waals surface area contributed by atoms with Crippen LogP contribution in [-0.2, 0) is 32.6 Å². The molecule has 1 atom stereocenters. The number of carbonyl (C=O) groups excluding carboxylic acids is 2. The molecular weight excluding hydrogens is 498 g/mol. The first-order valence-corrected chi connectivity index (χ1v) is 14.5. The molecule has 0 bridgehead atoms. The lowest BCUT2D eigenvalue weighted by molar-refractivity contribution is -0.140. The first-order valence-electron chi connectivity index (χ1n) is 12.7. The number of rotatable bonds is 11. The highest BCUT2D eigenvalue weighted by Gasteiger charge is 2.33. The molecule has 3 rings (SSSR count). The van der Waals surface area contributed by atoms with Crippen molar-refractivity contribution in [3.63, 3.8) is 0 Å². The molecule has 8 heteroatoms. The van der Waals surface area contributed by atoms with E-state index in [0.29, 0.717) is 12.1 Å². The number of anilines is 1. The fraction of sp³-hybridized carbons (Fsp3) is 0.333. The summed E-state index contributed by atoms with van der Waals surface area (Å²) >= 11 is 0. The summed E-state index contributed by atoms with van der Waals surface area (Å²) in [6.45, 7) is 7.16. The number of carbonyl (C=O) groups is 2. The molecule has 0 aliphatic heterocycles. The van der Waals surface area contributed by atoms with E-state index in [2.05, 4.69) is 5.32 Å². The number of aryl methyl sites for hydroxylation is 2. The predicted octanol–water partition coefficient (Wildman–Crippen LogP) is 4.23. The third kappa shape index (κ3) is 7.92. The highest BCUT2D eigenvalue weighted by Crippen LogP contribution is 2.25. The Hall–Kier alpha value is -3.65. The van der Waals surface area contributed by atoms with Gasteiger partial charge in [0.05, 0.1) is 11.9 Å². The van der Waals surface area contributed by atoms with Crippen molar-refractivity contribution in [2.45, 2.75) is 52.7 Å². The second kappa shape index (κ2) is 12.7. The molecule has 0 spiro atoms. The minimum Gasteiger partial charge on any atom is -0.352 e. The van der Waals surface area contributed by atoms with E-state index >= 15 is 0 Å². The lowest BCUT2D eigenvalue weighted by Gasteiger charge is -2.34. The molecule has 0 aliphatic carbocycles. The lowest BCUT2D eigenvalue weighted by atomic mass is 10.0. The van der Waals surface area contributed by atoms with Gasteiger partial charge < -0.3 is 10.2 Å². The van der Waals surface area contributed by atoms with Crippen LogP contribution in [0.15, 0.2) is 78.9 Å². The van der Waals surface area contributed by atoms with Crippen molar-refractivity contribution in [1.82, 2.24) is 10.2 Å². The molecule has 1 unspecified atom stereocenters. The zero-order valence-corrected chi connectivity index (χ0v) is 23.5. The Labute approximate surface area is 226 Å². The predicted molar refractivity (Wildman–Crippen MR) is 152 cm³/mol. The highest BCUT2D eigenvalue weighted by atomic mass is 32.2. The first kappa shape index (κ1) is 28.9. The van der Waals surface area contributed by atoms with Crippen LogP contribution in [0.4, 0.5) is 5.69 Å². The topological polar surface area (TPSA) is 86.8 Å². The monoisotopic (exact) mass is 535 g/mol. The van der Waals surface area contributed by atoms with Gasteiger partial charge in [0.15, 0.2) is 0 Å². The fourth-order valence-electron chi connectivity index (χ4n) is 4.30. The Balaban J connectivity index is 2.06. The highest BCUT2D eigenvalue weighted by molar-refractivity contribution is 7.92. The fourth-order valence-corrected chi connectivity index (χ4v) is 5.20. The SMILES string of the molecule is Cc1ccc(C)c(N(CC(=O)N(Cc2ccccc2)C(Cc2ccccc2)C(=O)NC(C)C)S(C)(=O)=O)c1. The van der Waals surface area contributed by atoms with Crippen LogP contribution in [0.25, 0.3) is 0 Å². The van der Waals surface area contributed by atoms with Crippen molar-refractivity contribution < 1.29 is 18.0 Å². The normalized spacial score (nSPS) is 12.2. The maximum absolute atomic E-state index is 14.0. The van der Waals surface area contributed by atoms with Gasteiger partial charge >= 0.3 is 0 Å². The van der Waals surface area contributed by atoms with E-state index in [1.807, 2.05) is 100 Å². The second-order valence-corrected chi connectivity index (χ2v) is 11.8. The molecule has 0 aliphatic rings. The van der Waals surface area contributed by atoms with E-state index in [1.165, 1.54) is 4.90 Å². The van der Waals surface area contributed by atoms with E-state index in [4.69, 9.17) is 0 Å². The number of amides is 2. The van der Waals surface area contributed by atoms with Gasteiger partial charge in [-0.2, -0.15) is 0 Å². The van der Waals surface area contributed by atoms with Crippen molar-refractivity contribution in [3.8, 4) is 0 Å². The van der Waals surface area contributed by atoms with Gasteiger partial charge in [0.25, 0.3) is 0 Å². The lowest BCUT2D eigenvalue weighted by Crippen LogP contribution is -2.54.